The molecule has 0 bridgehead atoms. The summed E-state index contributed by atoms with van der Waals surface area (Å²) in [6.07, 6.45) is 4.80. The Kier molecular flexibility index (Phi) is 9.27. The van der Waals surface area contributed by atoms with Crippen LogP contribution in [0.2, 0.25) is 0 Å². The number of thiazole rings is 1. The molecule has 8 heteroatoms. The van der Waals surface area contributed by atoms with Crippen molar-refractivity contribution in [2.75, 3.05) is 19.6 Å². The number of aryl methyl sites for hydroxylation is 3. The Hall–Kier alpha value is -1.16. The van der Waals surface area contributed by atoms with Gasteiger partial charge in [0, 0.05) is 37.1 Å². The zero-order valence-corrected chi connectivity index (χ0v) is 17.9. The van der Waals surface area contributed by atoms with Gasteiger partial charge in [-0.1, -0.05) is 0 Å². The summed E-state index contributed by atoms with van der Waals surface area (Å²) < 4.78 is 1.94. The third-order valence-corrected chi connectivity index (χ3v) is 4.54. The molecule has 0 aliphatic rings. The fourth-order valence-corrected chi connectivity index (χ4v) is 3.05. The van der Waals surface area contributed by atoms with E-state index < -0.39 is 0 Å². The van der Waals surface area contributed by atoms with Crippen molar-refractivity contribution in [3.8, 4) is 0 Å². The molecule has 2 aromatic heterocycles. The quantitative estimate of drug-likeness (QED) is 0.377. The molecule has 0 unspecified atom stereocenters. The van der Waals surface area contributed by atoms with Crippen LogP contribution in [0.25, 0.3) is 0 Å². The molecule has 2 N–H and O–H groups in total. The first-order valence-electron chi connectivity index (χ1n) is 8.02. The topological polar surface area (TPSA) is 67.1 Å². The first kappa shape index (κ1) is 20.9. The molecule has 0 saturated heterocycles. The molecule has 0 radical (unpaired) electrons. The minimum absolute atomic E-state index is 0. The summed E-state index contributed by atoms with van der Waals surface area (Å²) in [7, 11) is 0. The lowest BCUT2D eigenvalue weighted by molar-refractivity contribution is 0.597. The minimum Gasteiger partial charge on any atom is -0.357 e. The van der Waals surface area contributed by atoms with Crippen molar-refractivity contribution in [3.63, 3.8) is 0 Å². The van der Waals surface area contributed by atoms with E-state index in [0.29, 0.717) is 0 Å². The standard InChI is InChI=1S/C16H26N6S.HI/c1-5-17-16(19-8-9-22-11-12(2)10-20-22)18-7-6-15-21-13(3)14(4)23-15;/h10-11H,5-9H2,1-4H3,(H2,17,18,19);1H. The van der Waals surface area contributed by atoms with E-state index in [1.807, 2.05) is 24.0 Å². The van der Waals surface area contributed by atoms with Gasteiger partial charge in [-0.2, -0.15) is 5.10 Å². The normalized spacial score (nSPS) is 11.2. The van der Waals surface area contributed by atoms with Crippen molar-refractivity contribution in [2.24, 2.45) is 4.99 Å². The largest absolute Gasteiger partial charge is 0.357 e. The van der Waals surface area contributed by atoms with Crippen molar-refractivity contribution in [1.82, 2.24) is 25.4 Å². The van der Waals surface area contributed by atoms with Crippen LogP contribution >= 0.6 is 35.3 Å². The molecule has 2 rings (SSSR count). The van der Waals surface area contributed by atoms with E-state index in [1.54, 1.807) is 11.3 Å². The number of halogens is 1. The van der Waals surface area contributed by atoms with E-state index in [4.69, 9.17) is 0 Å². The maximum atomic E-state index is 4.62. The molecule has 6 nitrogen and oxygen atoms in total. The lowest BCUT2D eigenvalue weighted by Gasteiger charge is -2.11. The van der Waals surface area contributed by atoms with E-state index in [-0.39, 0.29) is 24.0 Å². The highest BCUT2D eigenvalue weighted by atomic mass is 127. The molecule has 0 atom stereocenters. The number of hydrogen-bond acceptors (Lipinski definition) is 4. The summed E-state index contributed by atoms with van der Waals surface area (Å²) in [6.45, 7) is 11.5. The second-order valence-corrected chi connectivity index (χ2v) is 6.76. The van der Waals surface area contributed by atoms with Gasteiger partial charge in [-0.25, -0.2) is 4.98 Å². The maximum Gasteiger partial charge on any atom is 0.191 e. The van der Waals surface area contributed by atoms with E-state index in [0.717, 1.165) is 49.3 Å². The van der Waals surface area contributed by atoms with Crippen LogP contribution < -0.4 is 10.6 Å². The van der Waals surface area contributed by atoms with Crippen molar-refractivity contribution < 1.29 is 0 Å². The monoisotopic (exact) mass is 462 g/mol. The summed E-state index contributed by atoms with van der Waals surface area (Å²) >= 11 is 1.76. The fraction of sp³-hybridized carbons (Fsp3) is 0.562. The Balaban J connectivity index is 0.00000288. The first-order chi connectivity index (χ1) is 11.1. The van der Waals surface area contributed by atoms with Gasteiger partial charge < -0.3 is 10.6 Å². The molecule has 0 amide bonds. The molecular weight excluding hydrogens is 435 g/mol. The van der Waals surface area contributed by atoms with Gasteiger partial charge in [0.25, 0.3) is 0 Å². The number of nitrogens with zero attached hydrogens (tertiary/aromatic N) is 4. The maximum absolute atomic E-state index is 4.62. The van der Waals surface area contributed by atoms with Crippen LogP contribution in [0.1, 0.15) is 28.1 Å². The van der Waals surface area contributed by atoms with Crippen LogP contribution in [0, 0.1) is 20.8 Å². The van der Waals surface area contributed by atoms with Gasteiger partial charge in [-0.05, 0) is 33.3 Å². The van der Waals surface area contributed by atoms with E-state index in [2.05, 4.69) is 46.5 Å². The third-order valence-electron chi connectivity index (χ3n) is 3.41. The second-order valence-electron chi connectivity index (χ2n) is 5.47. The number of rotatable bonds is 7. The molecule has 0 aliphatic heterocycles. The smallest absolute Gasteiger partial charge is 0.191 e. The van der Waals surface area contributed by atoms with Gasteiger partial charge in [-0.15, -0.1) is 35.3 Å². The van der Waals surface area contributed by atoms with Crippen molar-refractivity contribution in [1.29, 1.82) is 0 Å². The second kappa shape index (κ2) is 10.7. The Morgan fingerprint density at radius 1 is 1.29 bits per heavy atom. The molecule has 0 spiro atoms. The number of nitrogens with one attached hydrogen (secondary N) is 2. The summed E-state index contributed by atoms with van der Waals surface area (Å²) in [4.78, 5) is 10.5. The third kappa shape index (κ3) is 6.76. The van der Waals surface area contributed by atoms with Gasteiger partial charge in [0.05, 0.1) is 23.4 Å². The molecule has 0 aliphatic carbocycles. The average molecular weight is 462 g/mol. The minimum atomic E-state index is 0. The molecule has 2 heterocycles. The zero-order valence-electron chi connectivity index (χ0n) is 14.8. The Bertz CT molecular complexity index is 629. The predicted molar refractivity (Wildman–Crippen MR) is 112 cm³/mol. The molecule has 24 heavy (non-hydrogen) atoms. The number of aliphatic imine (C=N–C) groups is 1. The Labute approximate surface area is 165 Å². The van der Waals surface area contributed by atoms with Gasteiger partial charge in [0.15, 0.2) is 5.96 Å². The highest BCUT2D eigenvalue weighted by Gasteiger charge is 2.03. The summed E-state index contributed by atoms with van der Waals surface area (Å²) in [5.74, 6) is 0.848. The van der Waals surface area contributed by atoms with Crippen LogP contribution in [0.3, 0.4) is 0 Å². The first-order valence-corrected chi connectivity index (χ1v) is 8.84. The van der Waals surface area contributed by atoms with Crippen LogP contribution in [-0.2, 0) is 13.0 Å². The molecule has 0 aromatic carbocycles. The van der Waals surface area contributed by atoms with E-state index in [1.165, 1.54) is 10.4 Å². The Morgan fingerprint density at radius 3 is 2.67 bits per heavy atom. The number of hydrogen-bond donors (Lipinski definition) is 2. The average Bonchev–Trinajstić information content (AvgIpc) is 3.05. The van der Waals surface area contributed by atoms with Crippen LogP contribution in [0.4, 0.5) is 0 Å². The highest BCUT2D eigenvalue weighted by molar-refractivity contribution is 14.0. The van der Waals surface area contributed by atoms with Gasteiger partial charge >= 0.3 is 0 Å². The molecule has 0 saturated carbocycles. The van der Waals surface area contributed by atoms with Gasteiger partial charge in [0.2, 0.25) is 0 Å². The number of guanidine groups is 1. The lowest BCUT2D eigenvalue weighted by atomic mass is 10.4. The van der Waals surface area contributed by atoms with Crippen LogP contribution in [-0.4, -0.2) is 40.4 Å². The van der Waals surface area contributed by atoms with Crippen LogP contribution in [0.15, 0.2) is 17.4 Å². The van der Waals surface area contributed by atoms with Crippen LogP contribution in [0.5, 0.6) is 0 Å². The van der Waals surface area contributed by atoms with Crippen molar-refractivity contribution >= 4 is 41.3 Å². The lowest BCUT2D eigenvalue weighted by Crippen LogP contribution is -2.39. The highest BCUT2D eigenvalue weighted by Crippen LogP contribution is 2.16. The Morgan fingerprint density at radius 2 is 2.08 bits per heavy atom. The fourth-order valence-electron chi connectivity index (χ4n) is 2.13. The predicted octanol–water partition coefficient (Wildman–Crippen LogP) is 2.68. The van der Waals surface area contributed by atoms with Crippen molar-refractivity contribution in [2.45, 2.75) is 40.7 Å². The summed E-state index contributed by atoms with van der Waals surface area (Å²) in [5.41, 5.74) is 2.31. The summed E-state index contributed by atoms with van der Waals surface area (Å²) in [6, 6.07) is 0. The van der Waals surface area contributed by atoms with Gasteiger partial charge in [0.1, 0.15) is 0 Å². The molecular formula is C16H27IN6S. The van der Waals surface area contributed by atoms with Crippen molar-refractivity contribution in [3.05, 3.63) is 33.5 Å². The molecule has 0 fully saturated rings. The molecule has 2 aromatic rings. The van der Waals surface area contributed by atoms with E-state index in [9.17, 15) is 0 Å². The van der Waals surface area contributed by atoms with E-state index >= 15 is 0 Å². The summed E-state index contributed by atoms with van der Waals surface area (Å²) in [5, 5.41) is 12.1. The number of aromatic nitrogens is 3. The van der Waals surface area contributed by atoms with Gasteiger partial charge in [-0.3, -0.25) is 9.67 Å². The SMILES string of the molecule is CCNC(=NCCc1nc(C)c(C)s1)NCCn1cc(C)cn1.I. The zero-order chi connectivity index (χ0) is 16.7. The molecule has 134 valence electrons.